The summed E-state index contributed by atoms with van der Waals surface area (Å²) in [5.74, 6) is -2.10. The quantitative estimate of drug-likeness (QED) is 0.329. The number of nitrogens with one attached hydrogen (secondary N) is 3. The fraction of sp³-hybridized carbons (Fsp3) is 0.421. The number of amides is 2. The standard InChI is InChI=1S/C19H25N3O5S/c1-10(2)15(19(26)27-3)22-18(25)16(23)14(9-28)21-17(24)13-8-11-6-4-5-7-12(11)20-13/h4-8,10,14-16,20,23,28H,9H2,1-3H3,(H,21,24)(H,22,25)/t14-,15-,16+/m0/s1. The van der Waals surface area contributed by atoms with Crippen molar-refractivity contribution in [1.82, 2.24) is 15.6 Å². The van der Waals surface area contributed by atoms with Crippen LogP contribution in [0.25, 0.3) is 10.9 Å². The average molecular weight is 407 g/mol. The summed E-state index contributed by atoms with van der Waals surface area (Å²) in [6, 6.07) is 7.22. The average Bonchev–Trinajstić information content (AvgIpc) is 3.12. The lowest BCUT2D eigenvalue weighted by Crippen LogP contribution is -2.55. The van der Waals surface area contributed by atoms with Crippen molar-refractivity contribution in [3.05, 3.63) is 36.0 Å². The Morgan fingerprint density at radius 2 is 1.89 bits per heavy atom. The lowest BCUT2D eigenvalue weighted by Gasteiger charge is -2.25. The van der Waals surface area contributed by atoms with Crippen LogP contribution in [0, 0.1) is 5.92 Å². The highest BCUT2D eigenvalue weighted by atomic mass is 32.1. The van der Waals surface area contributed by atoms with Crippen LogP contribution < -0.4 is 10.6 Å². The van der Waals surface area contributed by atoms with Crippen LogP contribution in [0.15, 0.2) is 30.3 Å². The van der Waals surface area contributed by atoms with Gasteiger partial charge in [-0.15, -0.1) is 0 Å². The van der Waals surface area contributed by atoms with Crippen molar-refractivity contribution in [2.45, 2.75) is 32.0 Å². The maximum Gasteiger partial charge on any atom is 0.328 e. The molecule has 3 atom stereocenters. The third-order valence-electron chi connectivity index (χ3n) is 4.36. The van der Waals surface area contributed by atoms with Gasteiger partial charge in [-0.05, 0) is 18.1 Å². The molecule has 0 unspecified atom stereocenters. The number of carbonyl (C=O) groups is 3. The molecule has 0 aliphatic carbocycles. The predicted molar refractivity (Wildman–Crippen MR) is 108 cm³/mol. The molecule has 4 N–H and O–H groups in total. The third-order valence-corrected chi connectivity index (χ3v) is 4.75. The molecule has 0 aliphatic rings. The number of aromatic nitrogens is 1. The van der Waals surface area contributed by atoms with Gasteiger partial charge in [-0.3, -0.25) is 9.59 Å². The Morgan fingerprint density at radius 1 is 1.21 bits per heavy atom. The Bertz CT molecular complexity index is 818. The summed E-state index contributed by atoms with van der Waals surface area (Å²) in [6.07, 6.45) is -1.59. The highest BCUT2D eigenvalue weighted by Gasteiger charge is 2.32. The van der Waals surface area contributed by atoms with E-state index < -0.39 is 36.0 Å². The van der Waals surface area contributed by atoms with E-state index in [0.29, 0.717) is 5.69 Å². The number of para-hydroxylation sites is 1. The van der Waals surface area contributed by atoms with Gasteiger partial charge in [0.1, 0.15) is 11.7 Å². The molecule has 2 rings (SSSR count). The van der Waals surface area contributed by atoms with E-state index in [2.05, 4.69) is 33.0 Å². The highest BCUT2D eigenvalue weighted by Crippen LogP contribution is 2.15. The maximum absolute atomic E-state index is 12.5. The molecule has 0 fully saturated rings. The second-order valence-corrected chi connectivity index (χ2v) is 7.10. The molecule has 0 aliphatic heterocycles. The molecule has 0 saturated heterocycles. The van der Waals surface area contributed by atoms with Crippen LogP contribution >= 0.6 is 12.6 Å². The second-order valence-electron chi connectivity index (χ2n) is 6.73. The van der Waals surface area contributed by atoms with Crippen LogP contribution in [0.4, 0.5) is 0 Å². The molecule has 1 aromatic carbocycles. The van der Waals surface area contributed by atoms with Crippen molar-refractivity contribution in [1.29, 1.82) is 0 Å². The number of ether oxygens (including phenoxy) is 1. The third kappa shape index (κ3) is 5.05. The topological polar surface area (TPSA) is 121 Å². The first-order valence-corrected chi connectivity index (χ1v) is 9.47. The Morgan fingerprint density at radius 3 is 2.46 bits per heavy atom. The van der Waals surface area contributed by atoms with E-state index in [-0.39, 0.29) is 11.7 Å². The van der Waals surface area contributed by atoms with Crippen LogP contribution in [0.5, 0.6) is 0 Å². The molecule has 0 spiro atoms. The smallest absolute Gasteiger partial charge is 0.328 e. The van der Waals surface area contributed by atoms with Crippen LogP contribution in [0.1, 0.15) is 24.3 Å². The van der Waals surface area contributed by atoms with Gasteiger partial charge < -0.3 is 25.5 Å². The van der Waals surface area contributed by atoms with Crippen LogP contribution in [-0.4, -0.2) is 58.9 Å². The van der Waals surface area contributed by atoms with Gasteiger partial charge in [0.05, 0.1) is 13.2 Å². The minimum atomic E-state index is -1.59. The summed E-state index contributed by atoms with van der Waals surface area (Å²) in [6.45, 7) is 3.48. The molecule has 9 heteroatoms. The Labute approximate surface area is 168 Å². The first-order valence-electron chi connectivity index (χ1n) is 8.84. The van der Waals surface area contributed by atoms with Crippen LogP contribution in [0.3, 0.4) is 0 Å². The first kappa shape index (κ1) is 21.8. The van der Waals surface area contributed by atoms with Crippen molar-refractivity contribution in [3.8, 4) is 0 Å². The number of rotatable bonds is 8. The number of hydrogen-bond donors (Lipinski definition) is 5. The van der Waals surface area contributed by atoms with Crippen molar-refractivity contribution in [2.75, 3.05) is 12.9 Å². The van der Waals surface area contributed by atoms with Gasteiger partial charge in [-0.2, -0.15) is 12.6 Å². The zero-order valence-corrected chi connectivity index (χ0v) is 16.8. The second kappa shape index (κ2) is 9.61. The SMILES string of the molecule is COC(=O)[C@@H](NC(=O)[C@H](O)[C@H](CS)NC(=O)c1cc2ccccc2[nH]1)C(C)C. The van der Waals surface area contributed by atoms with E-state index in [9.17, 15) is 19.5 Å². The minimum absolute atomic E-state index is 0.0190. The van der Waals surface area contributed by atoms with Gasteiger partial charge in [0.2, 0.25) is 0 Å². The normalized spacial score (nSPS) is 14.4. The summed E-state index contributed by atoms with van der Waals surface area (Å²) >= 11 is 4.12. The molecule has 2 amide bonds. The van der Waals surface area contributed by atoms with Gasteiger partial charge in [0, 0.05) is 16.7 Å². The van der Waals surface area contributed by atoms with Crippen LogP contribution in [-0.2, 0) is 14.3 Å². The number of thiol groups is 1. The van der Waals surface area contributed by atoms with Gasteiger partial charge >= 0.3 is 5.97 Å². The van der Waals surface area contributed by atoms with E-state index in [0.717, 1.165) is 10.9 Å². The highest BCUT2D eigenvalue weighted by molar-refractivity contribution is 7.80. The maximum atomic E-state index is 12.5. The summed E-state index contributed by atoms with van der Waals surface area (Å²) in [7, 11) is 1.22. The number of H-pyrrole nitrogens is 1. The number of fused-ring (bicyclic) bond motifs is 1. The summed E-state index contributed by atoms with van der Waals surface area (Å²) in [5.41, 5.74) is 1.10. The number of aliphatic hydroxyl groups is 1. The minimum Gasteiger partial charge on any atom is -0.467 e. The molecule has 28 heavy (non-hydrogen) atoms. The molecular formula is C19H25N3O5S. The van der Waals surface area contributed by atoms with Gasteiger partial charge in [0.25, 0.3) is 11.8 Å². The fourth-order valence-corrected chi connectivity index (χ4v) is 3.00. The molecule has 2 aromatic rings. The Balaban J connectivity index is 2.07. The monoisotopic (exact) mass is 407 g/mol. The van der Waals surface area contributed by atoms with Crippen molar-refractivity contribution in [3.63, 3.8) is 0 Å². The largest absolute Gasteiger partial charge is 0.467 e. The van der Waals surface area contributed by atoms with E-state index in [1.807, 2.05) is 24.3 Å². The van der Waals surface area contributed by atoms with Crippen LogP contribution in [0.2, 0.25) is 0 Å². The summed E-state index contributed by atoms with van der Waals surface area (Å²) in [4.78, 5) is 39.7. The van der Waals surface area contributed by atoms with E-state index in [1.165, 1.54) is 7.11 Å². The number of aliphatic hydroxyl groups excluding tert-OH is 1. The molecule has 0 bridgehead atoms. The molecular weight excluding hydrogens is 382 g/mol. The summed E-state index contributed by atoms with van der Waals surface area (Å²) < 4.78 is 4.67. The molecule has 152 valence electrons. The molecule has 1 aromatic heterocycles. The molecule has 0 radical (unpaired) electrons. The van der Waals surface area contributed by atoms with Crippen molar-refractivity contribution in [2.24, 2.45) is 5.92 Å². The first-order chi connectivity index (χ1) is 13.3. The lowest BCUT2D eigenvalue weighted by atomic mass is 10.0. The molecule has 1 heterocycles. The number of hydrogen-bond acceptors (Lipinski definition) is 6. The number of methoxy groups -OCH3 is 1. The van der Waals surface area contributed by atoms with Crippen molar-refractivity contribution >= 4 is 41.3 Å². The zero-order valence-electron chi connectivity index (χ0n) is 15.9. The molecule has 0 saturated carbocycles. The van der Waals surface area contributed by atoms with Crippen molar-refractivity contribution < 1.29 is 24.2 Å². The number of aromatic amines is 1. The van der Waals surface area contributed by atoms with E-state index in [1.54, 1.807) is 19.9 Å². The number of carbonyl (C=O) groups excluding carboxylic acids is 3. The number of benzene rings is 1. The molecule has 8 nitrogen and oxygen atoms in total. The fourth-order valence-electron chi connectivity index (χ4n) is 2.71. The van der Waals surface area contributed by atoms with E-state index in [4.69, 9.17) is 0 Å². The van der Waals surface area contributed by atoms with Gasteiger partial charge in [0.15, 0.2) is 6.10 Å². The number of esters is 1. The Hall–Kier alpha value is -2.52. The van der Waals surface area contributed by atoms with Gasteiger partial charge in [-0.25, -0.2) is 4.79 Å². The zero-order chi connectivity index (χ0) is 20.8. The summed E-state index contributed by atoms with van der Waals surface area (Å²) in [5, 5.41) is 16.3. The van der Waals surface area contributed by atoms with E-state index >= 15 is 0 Å². The Kier molecular flexibility index (Phi) is 7.47. The van der Waals surface area contributed by atoms with Gasteiger partial charge in [-0.1, -0.05) is 32.0 Å². The lowest BCUT2D eigenvalue weighted by molar-refractivity contribution is -0.147. The predicted octanol–water partition coefficient (Wildman–Crippen LogP) is 0.871.